The summed E-state index contributed by atoms with van der Waals surface area (Å²) in [5.74, 6) is 0.150. The molecule has 0 bridgehead atoms. The van der Waals surface area contributed by atoms with Gasteiger partial charge >= 0.3 is 5.63 Å². The van der Waals surface area contributed by atoms with Gasteiger partial charge in [0.15, 0.2) is 11.9 Å². The lowest BCUT2D eigenvalue weighted by atomic mass is 10.00. The predicted octanol–water partition coefficient (Wildman–Crippen LogP) is 4.53. The van der Waals surface area contributed by atoms with Crippen molar-refractivity contribution in [2.24, 2.45) is 0 Å². The molecule has 1 N–H and O–H groups in total. The maximum absolute atomic E-state index is 12.5. The van der Waals surface area contributed by atoms with Gasteiger partial charge in [-0.1, -0.05) is 26.0 Å². The lowest BCUT2D eigenvalue weighted by Crippen LogP contribution is -2.30. The van der Waals surface area contributed by atoms with E-state index < -0.39 is 11.7 Å². The summed E-state index contributed by atoms with van der Waals surface area (Å²) in [5.41, 5.74) is 1.93. The van der Waals surface area contributed by atoms with Crippen molar-refractivity contribution in [3.8, 4) is 5.75 Å². The number of carbonyl (C=O) groups is 2. The molecule has 1 heterocycles. The Morgan fingerprint density at radius 2 is 1.79 bits per heavy atom. The van der Waals surface area contributed by atoms with Crippen LogP contribution in [0.1, 0.15) is 49.5 Å². The molecule has 0 saturated heterocycles. The lowest BCUT2D eigenvalue weighted by Gasteiger charge is -2.16. The van der Waals surface area contributed by atoms with Crippen LogP contribution < -0.4 is 15.7 Å². The van der Waals surface area contributed by atoms with Crippen molar-refractivity contribution < 1.29 is 18.7 Å². The standard InChI is InChI=1S/C23H23NO5/c1-13(2)20-12-22(26)29-21-11-18(8-9-19(20)21)28-15(4)23(27)24-17-7-5-6-16(10-17)14(3)25/h5-13,15H,1-4H3,(H,24,27). The molecule has 6 nitrogen and oxygen atoms in total. The zero-order valence-corrected chi connectivity index (χ0v) is 16.8. The molecule has 0 radical (unpaired) electrons. The Bertz CT molecular complexity index is 1130. The third-order valence-electron chi connectivity index (χ3n) is 4.59. The summed E-state index contributed by atoms with van der Waals surface area (Å²) in [4.78, 5) is 35.8. The van der Waals surface area contributed by atoms with E-state index in [0.29, 0.717) is 22.6 Å². The molecule has 1 aromatic heterocycles. The van der Waals surface area contributed by atoms with Gasteiger partial charge in [0.2, 0.25) is 0 Å². The van der Waals surface area contributed by atoms with Crippen LogP contribution in [0.15, 0.2) is 57.7 Å². The molecule has 3 rings (SSSR count). The Morgan fingerprint density at radius 1 is 1.03 bits per heavy atom. The SMILES string of the molecule is CC(=O)c1cccc(NC(=O)C(C)Oc2ccc3c(C(C)C)cc(=O)oc3c2)c1. The van der Waals surface area contributed by atoms with Crippen LogP contribution in [0.3, 0.4) is 0 Å². The fraction of sp³-hybridized carbons (Fsp3) is 0.261. The molecule has 1 atom stereocenters. The van der Waals surface area contributed by atoms with Crippen LogP contribution in [0.5, 0.6) is 5.75 Å². The molecule has 0 spiro atoms. The first kappa shape index (κ1) is 20.3. The van der Waals surface area contributed by atoms with Gasteiger partial charge in [-0.05, 0) is 49.6 Å². The van der Waals surface area contributed by atoms with E-state index >= 15 is 0 Å². The number of rotatable bonds is 6. The van der Waals surface area contributed by atoms with Crippen molar-refractivity contribution in [3.63, 3.8) is 0 Å². The van der Waals surface area contributed by atoms with Gasteiger partial charge in [0.1, 0.15) is 11.3 Å². The number of hydrogen-bond acceptors (Lipinski definition) is 5. The van der Waals surface area contributed by atoms with Crippen molar-refractivity contribution in [2.75, 3.05) is 5.32 Å². The van der Waals surface area contributed by atoms with Crippen molar-refractivity contribution in [3.05, 3.63) is 70.1 Å². The molecule has 2 aromatic carbocycles. The van der Waals surface area contributed by atoms with Gasteiger partial charge in [-0.3, -0.25) is 9.59 Å². The van der Waals surface area contributed by atoms with Crippen molar-refractivity contribution >= 4 is 28.3 Å². The van der Waals surface area contributed by atoms with Gasteiger partial charge in [0, 0.05) is 28.8 Å². The van der Waals surface area contributed by atoms with Crippen molar-refractivity contribution in [1.29, 1.82) is 0 Å². The third-order valence-corrected chi connectivity index (χ3v) is 4.59. The first-order valence-electron chi connectivity index (χ1n) is 9.41. The van der Waals surface area contributed by atoms with E-state index in [1.807, 2.05) is 19.9 Å². The number of carbonyl (C=O) groups excluding carboxylic acids is 2. The average molecular weight is 393 g/mol. The molecule has 150 valence electrons. The molecule has 0 aliphatic rings. The molecular weight excluding hydrogens is 370 g/mol. The fourth-order valence-electron chi connectivity index (χ4n) is 3.04. The second-order valence-electron chi connectivity index (χ2n) is 7.22. The van der Waals surface area contributed by atoms with Crippen LogP contribution in [-0.2, 0) is 4.79 Å². The number of benzene rings is 2. The molecule has 0 saturated carbocycles. The predicted molar refractivity (Wildman–Crippen MR) is 112 cm³/mol. The van der Waals surface area contributed by atoms with E-state index in [2.05, 4.69) is 5.32 Å². The van der Waals surface area contributed by atoms with Crippen LogP contribution in [-0.4, -0.2) is 17.8 Å². The quantitative estimate of drug-likeness (QED) is 0.491. The molecule has 1 amide bonds. The van der Waals surface area contributed by atoms with E-state index in [9.17, 15) is 14.4 Å². The second-order valence-corrected chi connectivity index (χ2v) is 7.22. The summed E-state index contributed by atoms with van der Waals surface area (Å²) in [7, 11) is 0. The Labute approximate surface area is 168 Å². The second kappa shape index (κ2) is 8.31. The Morgan fingerprint density at radius 3 is 2.48 bits per heavy atom. The molecular formula is C23H23NO5. The number of hydrogen-bond donors (Lipinski definition) is 1. The molecule has 29 heavy (non-hydrogen) atoms. The monoisotopic (exact) mass is 393 g/mol. The first-order chi connectivity index (χ1) is 13.7. The fourth-order valence-corrected chi connectivity index (χ4v) is 3.04. The van der Waals surface area contributed by atoms with Crippen LogP contribution in [0.2, 0.25) is 0 Å². The average Bonchev–Trinajstić information content (AvgIpc) is 2.67. The largest absolute Gasteiger partial charge is 0.481 e. The maximum Gasteiger partial charge on any atom is 0.336 e. The van der Waals surface area contributed by atoms with Crippen LogP contribution in [0.25, 0.3) is 11.0 Å². The number of amides is 1. The molecule has 0 aliphatic carbocycles. The summed E-state index contributed by atoms with van der Waals surface area (Å²) in [5, 5.41) is 3.58. The highest BCUT2D eigenvalue weighted by atomic mass is 16.5. The van der Waals surface area contributed by atoms with Gasteiger partial charge in [0.05, 0.1) is 0 Å². The molecule has 0 fully saturated rings. The normalized spacial score (nSPS) is 12.0. The Balaban J connectivity index is 1.77. The van der Waals surface area contributed by atoms with Crippen LogP contribution >= 0.6 is 0 Å². The number of fused-ring (bicyclic) bond motifs is 1. The summed E-state index contributed by atoms with van der Waals surface area (Å²) in [6, 6.07) is 13.4. The van der Waals surface area contributed by atoms with E-state index in [4.69, 9.17) is 9.15 Å². The zero-order chi connectivity index (χ0) is 21.1. The number of nitrogens with one attached hydrogen (secondary N) is 1. The van der Waals surface area contributed by atoms with E-state index in [1.165, 1.54) is 13.0 Å². The van der Waals surface area contributed by atoms with Crippen molar-refractivity contribution in [1.82, 2.24) is 0 Å². The van der Waals surface area contributed by atoms with Gasteiger partial charge in [-0.15, -0.1) is 0 Å². The summed E-state index contributed by atoms with van der Waals surface area (Å²) in [6.07, 6.45) is -0.798. The zero-order valence-electron chi connectivity index (χ0n) is 16.8. The maximum atomic E-state index is 12.5. The van der Waals surface area contributed by atoms with Gasteiger partial charge in [0.25, 0.3) is 5.91 Å². The molecule has 1 unspecified atom stereocenters. The van der Waals surface area contributed by atoms with Crippen molar-refractivity contribution in [2.45, 2.75) is 39.7 Å². The van der Waals surface area contributed by atoms with E-state index in [-0.39, 0.29) is 17.6 Å². The minimum Gasteiger partial charge on any atom is -0.481 e. The minimum atomic E-state index is -0.798. The highest BCUT2D eigenvalue weighted by Crippen LogP contribution is 2.27. The number of Topliss-reactive ketones (excluding diaryl/α,β-unsaturated/α-hetero) is 1. The Kier molecular flexibility index (Phi) is 5.82. The highest BCUT2D eigenvalue weighted by molar-refractivity contribution is 5.98. The minimum absolute atomic E-state index is 0.0798. The lowest BCUT2D eigenvalue weighted by molar-refractivity contribution is -0.122. The molecule has 0 aliphatic heterocycles. The summed E-state index contributed by atoms with van der Waals surface area (Å²) >= 11 is 0. The van der Waals surface area contributed by atoms with Gasteiger partial charge in [-0.2, -0.15) is 0 Å². The smallest absolute Gasteiger partial charge is 0.336 e. The number of ether oxygens (including phenoxy) is 1. The highest BCUT2D eigenvalue weighted by Gasteiger charge is 2.17. The molecule has 6 heteroatoms. The number of ketones is 1. The van der Waals surface area contributed by atoms with Gasteiger partial charge in [-0.25, -0.2) is 4.79 Å². The third kappa shape index (κ3) is 4.71. The number of anilines is 1. The topological polar surface area (TPSA) is 85.6 Å². The Hall–Kier alpha value is -3.41. The summed E-state index contributed by atoms with van der Waals surface area (Å²) in [6.45, 7) is 7.10. The van der Waals surface area contributed by atoms with E-state index in [1.54, 1.807) is 43.3 Å². The van der Waals surface area contributed by atoms with E-state index in [0.717, 1.165) is 10.9 Å². The van der Waals surface area contributed by atoms with Crippen LogP contribution in [0.4, 0.5) is 5.69 Å². The summed E-state index contributed by atoms with van der Waals surface area (Å²) < 4.78 is 11.0. The molecule has 3 aromatic rings. The van der Waals surface area contributed by atoms with Crippen LogP contribution in [0, 0.1) is 0 Å². The first-order valence-corrected chi connectivity index (χ1v) is 9.41. The van der Waals surface area contributed by atoms with Gasteiger partial charge < -0.3 is 14.5 Å².